The number of hydrogen-bond donors (Lipinski definition) is 5. The van der Waals surface area contributed by atoms with Crippen LogP contribution in [0.2, 0.25) is 0 Å². The smallest absolute Gasteiger partial charge is 0.321 e. The van der Waals surface area contributed by atoms with Gasteiger partial charge in [0.15, 0.2) is 0 Å². The van der Waals surface area contributed by atoms with E-state index in [4.69, 9.17) is 31.4 Å². The van der Waals surface area contributed by atoms with Gasteiger partial charge in [0.2, 0.25) is 0 Å². The molecule has 0 amide bonds. The highest BCUT2D eigenvalue weighted by Crippen LogP contribution is 2.26. The van der Waals surface area contributed by atoms with Gasteiger partial charge in [0.05, 0.1) is 6.42 Å². The standard InChI is InChI=1S/C38H70N4O10/c1-2-3-4-5-6-7-8-9-10-11-12-13-14-15-16-17-27-42(32(37(48)49)28-33(43)44)38(29-50-34(45)21-18-24-39,30-51-35(46)22-19-25-40)31-52-36(47)23-20-26-41/h9-10,32H,2-8,11-31,39-41H2,1H3,(H,43,44)(H,48,49). The van der Waals surface area contributed by atoms with E-state index in [0.717, 1.165) is 38.5 Å². The summed E-state index contributed by atoms with van der Waals surface area (Å²) >= 11 is 0. The normalized spacial score (nSPS) is 12.2. The summed E-state index contributed by atoms with van der Waals surface area (Å²) in [5.41, 5.74) is 14.9. The van der Waals surface area contributed by atoms with Gasteiger partial charge in [-0.3, -0.25) is 28.9 Å². The monoisotopic (exact) mass is 743 g/mol. The molecule has 0 aromatic heterocycles. The van der Waals surface area contributed by atoms with Crippen molar-refractivity contribution in [2.75, 3.05) is 46.0 Å². The van der Waals surface area contributed by atoms with Gasteiger partial charge >= 0.3 is 29.8 Å². The molecule has 0 radical (unpaired) electrons. The van der Waals surface area contributed by atoms with Crippen LogP contribution in [-0.4, -0.2) is 103 Å². The fraction of sp³-hybridized carbons (Fsp3) is 0.816. The molecule has 0 bridgehead atoms. The van der Waals surface area contributed by atoms with Gasteiger partial charge in [-0.2, -0.15) is 0 Å². The van der Waals surface area contributed by atoms with Crippen molar-refractivity contribution in [3.05, 3.63) is 12.2 Å². The first-order valence-corrected chi connectivity index (χ1v) is 19.5. The molecule has 0 saturated heterocycles. The molecule has 0 aliphatic carbocycles. The van der Waals surface area contributed by atoms with Gasteiger partial charge in [0, 0.05) is 19.3 Å². The first-order valence-electron chi connectivity index (χ1n) is 19.5. The zero-order valence-electron chi connectivity index (χ0n) is 31.9. The second-order valence-corrected chi connectivity index (χ2v) is 13.5. The van der Waals surface area contributed by atoms with Crippen molar-refractivity contribution in [1.82, 2.24) is 4.90 Å². The highest BCUT2D eigenvalue weighted by molar-refractivity contribution is 5.80. The fourth-order valence-electron chi connectivity index (χ4n) is 5.72. The lowest BCUT2D eigenvalue weighted by Gasteiger charge is -2.45. The summed E-state index contributed by atoms with van der Waals surface area (Å²) in [6, 6.07) is -1.62. The molecule has 0 heterocycles. The van der Waals surface area contributed by atoms with Crippen molar-refractivity contribution in [3.8, 4) is 0 Å². The van der Waals surface area contributed by atoms with Crippen LogP contribution in [0, 0.1) is 0 Å². The minimum Gasteiger partial charge on any atom is -0.481 e. The topological polar surface area (TPSA) is 235 Å². The van der Waals surface area contributed by atoms with Crippen LogP contribution in [0.5, 0.6) is 0 Å². The highest BCUT2D eigenvalue weighted by atomic mass is 16.6. The zero-order chi connectivity index (χ0) is 38.9. The molecule has 0 aromatic rings. The number of hydrogen-bond acceptors (Lipinski definition) is 12. The Kier molecular flexibility index (Phi) is 30.6. The number of aliphatic carboxylic acids is 2. The Hall–Kier alpha value is -3.07. The third kappa shape index (κ3) is 25.0. The van der Waals surface area contributed by atoms with Gasteiger partial charge in [-0.1, -0.05) is 76.9 Å². The molecular formula is C38H70N4O10. The second-order valence-electron chi connectivity index (χ2n) is 13.5. The number of rotatable bonds is 36. The van der Waals surface area contributed by atoms with E-state index in [0.29, 0.717) is 32.1 Å². The number of unbranched alkanes of at least 4 members (excludes halogenated alkanes) is 12. The molecule has 1 atom stereocenters. The summed E-state index contributed by atoms with van der Waals surface area (Å²) in [5, 5.41) is 20.0. The van der Waals surface area contributed by atoms with Crippen LogP contribution in [0.4, 0.5) is 0 Å². The largest absolute Gasteiger partial charge is 0.481 e. The van der Waals surface area contributed by atoms with Crippen molar-refractivity contribution >= 4 is 29.8 Å². The van der Waals surface area contributed by atoms with E-state index >= 15 is 0 Å². The maximum atomic E-state index is 12.7. The van der Waals surface area contributed by atoms with Crippen LogP contribution >= 0.6 is 0 Å². The third-order valence-electron chi connectivity index (χ3n) is 8.81. The van der Waals surface area contributed by atoms with Gasteiger partial charge < -0.3 is 41.6 Å². The molecule has 0 saturated carbocycles. The Morgan fingerprint density at radius 3 is 1.35 bits per heavy atom. The van der Waals surface area contributed by atoms with Gasteiger partial charge in [0.1, 0.15) is 31.4 Å². The van der Waals surface area contributed by atoms with Crippen LogP contribution in [-0.2, 0) is 38.2 Å². The molecule has 0 fully saturated rings. The Morgan fingerprint density at radius 2 is 0.981 bits per heavy atom. The number of nitrogens with zero attached hydrogens (tertiary/aromatic N) is 1. The Balaban J connectivity index is 5.89. The number of esters is 3. The number of ether oxygens (including phenoxy) is 3. The zero-order valence-corrected chi connectivity index (χ0v) is 31.9. The lowest BCUT2D eigenvalue weighted by atomic mass is 9.94. The summed E-state index contributed by atoms with van der Waals surface area (Å²) in [5.74, 6) is -4.72. The molecule has 1 unspecified atom stereocenters. The minimum atomic E-state index is -1.71. The van der Waals surface area contributed by atoms with Gasteiger partial charge in [-0.25, -0.2) is 0 Å². The number of allylic oxidation sites excluding steroid dienone is 2. The SMILES string of the molecule is CCCCCCCCC=CCCCCCCCCN(C(CC(=O)O)C(=O)O)C(COC(=O)CCCN)(COC(=O)CCCN)COC(=O)CCCN. The summed E-state index contributed by atoms with van der Waals surface area (Å²) in [6.45, 7) is 1.40. The molecule has 14 heteroatoms. The van der Waals surface area contributed by atoms with Crippen LogP contribution < -0.4 is 17.2 Å². The number of carbonyl (C=O) groups excluding carboxylic acids is 3. The quantitative estimate of drug-likeness (QED) is 0.0250. The van der Waals surface area contributed by atoms with Crippen LogP contribution in [0.25, 0.3) is 0 Å². The molecule has 0 rings (SSSR count). The average molecular weight is 743 g/mol. The van der Waals surface area contributed by atoms with Gasteiger partial charge in [-0.15, -0.1) is 0 Å². The van der Waals surface area contributed by atoms with Crippen LogP contribution in [0.15, 0.2) is 12.2 Å². The van der Waals surface area contributed by atoms with E-state index in [-0.39, 0.29) is 45.4 Å². The Morgan fingerprint density at radius 1 is 0.596 bits per heavy atom. The maximum absolute atomic E-state index is 12.7. The number of carboxylic acids is 2. The molecule has 0 spiro atoms. The predicted octanol–water partition coefficient (Wildman–Crippen LogP) is 4.84. The molecule has 0 aliphatic heterocycles. The molecule has 0 aromatic carbocycles. The molecule has 0 aliphatic rings. The van der Waals surface area contributed by atoms with E-state index in [9.17, 15) is 34.2 Å². The van der Waals surface area contributed by atoms with Crippen molar-refractivity contribution < 1.29 is 48.4 Å². The summed E-state index contributed by atoms with van der Waals surface area (Å²) in [6.07, 6.45) is 19.7. The lowest BCUT2D eigenvalue weighted by molar-refractivity contribution is -0.174. The van der Waals surface area contributed by atoms with E-state index in [1.165, 1.54) is 43.4 Å². The van der Waals surface area contributed by atoms with Crippen molar-refractivity contribution in [3.63, 3.8) is 0 Å². The summed E-state index contributed by atoms with van der Waals surface area (Å²) in [7, 11) is 0. The number of nitrogens with two attached hydrogens (primary N) is 3. The van der Waals surface area contributed by atoms with Gasteiger partial charge in [0.25, 0.3) is 0 Å². The molecule has 52 heavy (non-hydrogen) atoms. The summed E-state index contributed by atoms with van der Waals surface area (Å²) < 4.78 is 16.7. The second kappa shape index (κ2) is 32.6. The maximum Gasteiger partial charge on any atom is 0.321 e. The number of carboxylic acid groups (broad SMARTS) is 2. The van der Waals surface area contributed by atoms with E-state index in [2.05, 4.69) is 19.1 Å². The predicted molar refractivity (Wildman–Crippen MR) is 200 cm³/mol. The minimum absolute atomic E-state index is 0.0223. The van der Waals surface area contributed by atoms with E-state index in [1.807, 2.05) is 0 Å². The van der Waals surface area contributed by atoms with Gasteiger partial charge in [-0.05, 0) is 77.5 Å². The van der Waals surface area contributed by atoms with E-state index < -0.39 is 67.7 Å². The molecule has 8 N–H and O–H groups in total. The Bertz CT molecular complexity index is 950. The van der Waals surface area contributed by atoms with E-state index in [1.54, 1.807) is 0 Å². The molecular weight excluding hydrogens is 672 g/mol. The first kappa shape index (κ1) is 48.9. The van der Waals surface area contributed by atoms with Crippen molar-refractivity contribution in [2.45, 2.75) is 153 Å². The first-order chi connectivity index (χ1) is 25.1. The fourth-order valence-corrected chi connectivity index (χ4v) is 5.72. The third-order valence-corrected chi connectivity index (χ3v) is 8.81. The molecule has 14 nitrogen and oxygen atoms in total. The lowest BCUT2D eigenvalue weighted by Crippen LogP contribution is -2.64. The Labute approximate surface area is 311 Å². The van der Waals surface area contributed by atoms with Crippen molar-refractivity contribution in [1.29, 1.82) is 0 Å². The summed E-state index contributed by atoms with van der Waals surface area (Å²) in [4.78, 5) is 64.0. The highest BCUT2D eigenvalue weighted by Gasteiger charge is 2.47. The van der Waals surface area contributed by atoms with Crippen LogP contribution in [0.1, 0.15) is 142 Å². The molecule has 302 valence electrons. The average Bonchev–Trinajstić information content (AvgIpc) is 3.12. The number of carbonyl (C=O) groups is 5. The van der Waals surface area contributed by atoms with Crippen molar-refractivity contribution in [2.24, 2.45) is 17.2 Å². The van der Waals surface area contributed by atoms with Crippen LogP contribution in [0.3, 0.4) is 0 Å².